The fourth-order valence-electron chi connectivity index (χ4n) is 1.36. The second-order valence-electron chi connectivity index (χ2n) is 4.11. The first kappa shape index (κ1) is 17.0. The average molecular weight is 324 g/mol. The topological polar surface area (TPSA) is 92.3 Å². The Hall–Kier alpha value is -1.03. The molecule has 1 aromatic carbocycles. The second-order valence-corrected chi connectivity index (χ2v) is 7.97. The molecule has 0 spiro atoms. The summed E-state index contributed by atoms with van der Waals surface area (Å²) in [7, 11) is -7.12. The monoisotopic (exact) mass is 324 g/mol. The molecule has 0 saturated heterocycles. The zero-order valence-electron chi connectivity index (χ0n) is 11.2. The number of halogens is 1. The highest BCUT2D eigenvalue weighted by atomic mass is 32.2. The summed E-state index contributed by atoms with van der Waals surface area (Å²) in [5, 5.41) is 0. The van der Waals surface area contributed by atoms with E-state index in [1.165, 1.54) is 19.9 Å². The molecule has 0 unspecified atom stereocenters. The maximum Gasteiger partial charge on any atom is 0.240 e. The summed E-state index contributed by atoms with van der Waals surface area (Å²) in [5.41, 5.74) is 0.222. The SMILES string of the molecule is CCS(=O)(=O)NCCNS(=O)(=O)c1ccc(F)c(C)c1. The van der Waals surface area contributed by atoms with Crippen LogP contribution < -0.4 is 9.44 Å². The van der Waals surface area contributed by atoms with Gasteiger partial charge in [0.2, 0.25) is 20.0 Å². The third kappa shape index (κ3) is 4.82. The first-order chi connectivity index (χ1) is 9.18. The van der Waals surface area contributed by atoms with Crippen LogP contribution in [0.15, 0.2) is 23.1 Å². The number of nitrogens with one attached hydrogen (secondary N) is 2. The van der Waals surface area contributed by atoms with Crippen LogP contribution in [0.3, 0.4) is 0 Å². The number of aryl methyl sites for hydroxylation is 1. The van der Waals surface area contributed by atoms with Crippen LogP contribution in [0.1, 0.15) is 12.5 Å². The Bertz CT molecular complexity index is 672. The Morgan fingerprint density at radius 3 is 2.25 bits per heavy atom. The highest BCUT2D eigenvalue weighted by molar-refractivity contribution is 7.89. The van der Waals surface area contributed by atoms with Crippen molar-refractivity contribution >= 4 is 20.0 Å². The highest BCUT2D eigenvalue weighted by Crippen LogP contribution is 2.13. The standard InChI is InChI=1S/C11H17FN2O4S2/c1-3-19(15,16)13-6-7-14-20(17,18)10-4-5-11(12)9(2)8-10/h4-5,8,13-14H,3,6-7H2,1-2H3. The van der Waals surface area contributed by atoms with Crippen LogP contribution >= 0.6 is 0 Å². The van der Waals surface area contributed by atoms with Gasteiger partial charge >= 0.3 is 0 Å². The predicted octanol–water partition coefficient (Wildman–Crippen LogP) is 0.352. The van der Waals surface area contributed by atoms with Crippen molar-refractivity contribution < 1.29 is 21.2 Å². The van der Waals surface area contributed by atoms with Crippen molar-refractivity contribution in [1.82, 2.24) is 9.44 Å². The lowest BCUT2D eigenvalue weighted by Crippen LogP contribution is -2.35. The van der Waals surface area contributed by atoms with E-state index in [0.717, 1.165) is 12.1 Å². The minimum atomic E-state index is -3.78. The number of rotatable bonds is 7. The van der Waals surface area contributed by atoms with Crippen LogP contribution in [0, 0.1) is 12.7 Å². The number of hydrogen-bond donors (Lipinski definition) is 2. The van der Waals surface area contributed by atoms with Gasteiger partial charge in [-0.05, 0) is 37.6 Å². The van der Waals surface area contributed by atoms with Gasteiger partial charge in [-0.2, -0.15) is 0 Å². The molecular weight excluding hydrogens is 307 g/mol. The molecule has 0 bridgehead atoms. The molecule has 6 nitrogen and oxygen atoms in total. The number of sulfonamides is 2. The van der Waals surface area contributed by atoms with E-state index in [4.69, 9.17) is 0 Å². The first-order valence-electron chi connectivity index (χ1n) is 5.91. The van der Waals surface area contributed by atoms with E-state index in [1.807, 2.05) is 0 Å². The first-order valence-corrected chi connectivity index (χ1v) is 9.04. The van der Waals surface area contributed by atoms with E-state index in [9.17, 15) is 21.2 Å². The minimum absolute atomic E-state index is 0.0461. The summed E-state index contributed by atoms with van der Waals surface area (Å²) < 4.78 is 63.6. The zero-order valence-corrected chi connectivity index (χ0v) is 12.8. The van der Waals surface area contributed by atoms with Crippen molar-refractivity contribution in [2.24, 2.45) is 0 Å². The van der Waals surface area contributed by atoms with E-state index >= 15 is 0 Å². The summed E-state index contributed by atoms with van der Waals surface area (Å²) in [5.74, 6) is -0.559. The van der Waals surface area contributed by atoms with Gasteiger partial charge in [-0.15, -0.1) is 0 Å². The summed E-state index contributed by atoms with van der Waals surface area (Å²) in [4.78, 5) is -0.0604. The average Bonchev–Trinajstić information content (AvgIpc) is 2.38. The Kier molecular flexibility index (Phi) is 5.63. The molecule has 2 N–H and O–H groups in total. The number of hydrogen-bond acceptors (Lipinski definition) is 4. The quantitative estimate of drug-likeness (QED) is 0.708. The lowest BCUT2D eigenvalue weighted by atomic mass is 10.2. The van der Waals surface area contributed by atoms with Gasteiger partial charge in [0, 0.05) is 13.1 Å². The van der Waals surface area contributed by atoms with Crippen LogP contribution in [0.4, 0.5) is 4.39 Å². The maximum atomic E-state index is 13.1. The second kappa shape index (κ2) is 6.61. The Morgan fingerprint density at radius 1 is 1.10 bits per heavy atom. The fourth-order valence-corrected chi connectivity index (χ4v) is 3.10. The molecular formula is C11H17FN2O4S2. The third-order valence-electron chi connectivity index (χ3n) is 2.56. The molecule has 0 aliphatic carbocycles. The maximum absolute atomic E-state index is 13.1. The van der Waals surface area contributed by atoms with Crippen molar-refractivity contribution in [2.75, 3.05) is 18.8 Å². The van der Waals surface area contributed by atoms with Crippen LogP contribution in [0.25, 0.3) is 0 Å². The molecule has 9 heteroatoms. The molecule has 0 radical (unpaired) electrons. The molecule has 0 heterocycles. The van der Waals surface area contributed by atoms with Crippen LogP contribution in [0.2, 0.25) is 0 Å². The molecule has 0 aromatic heterocycles. The van der Waals surface area contributed by atoms with Crippen LogP contribution in [0.5, 0.6) is 0 Å². The number of benzene rings is 1. The van der Waals surface area contributed by atoms with Crippen molar-refractivity contribution in [3.05, 3.63) is 29.6 Å². The molecule has 0 aliphatic heterocycles. The molecule has 0 aliphatic rings. The van der Waals surface area contributed by atoms with E-state index in [1.54, 1.807) is 0 Å². The van der Waals surface area contributed by atoms with Crippen molar-refractivity contribution in [1.29, 1.82) is 0 Å². The molecule has 0 saturated carbocycles. The van der Waals surface area contributed by atoms with Crippen molar-refractivity contribution in [2.45, 2.75) is 18.7 Å². The fraction of sp³-hybridized carbons (Fsp3) is 0.455. The summed E-state index contributed by atoms with van der Waals surface area (Å²) in [6.07, 6.45) is 0. The molecule has 1 aromatic rings. The Balaban J connectivity index is 2.64. The molecule has 1 rings (SSSR count). The van der Waals surface area contributed by atoms with Gasteiger partial charge in [0.25, 0.3) is 0 Å². The molecule has 20 heavy (non-hydrogen) atoms. The summed E-state index contributed by atoms with van der Waals surface area (Å²) >= 11 is 0. The minimum Gasteiger partial charge on any atom is -0.214 e. The van der Waals surface area contributed by atoms with Crippen LogP contribution in [-0.2, 0) is 20.0 Å². The Labute approximate surface area is 118 Å². The van der Waals surface area contributed by atoms with Crippen molar-refractivity contribution in [3.63, 3.8) is 0 Å². The summed E-state index contributed by atoms with van der Waals surface area (Å²) in [6, 6.07) is 3.44. The molecule has 0 amide bonds. The molecule has 0 atom stereocenters. The van der Waals surface area contributed by atoms with Gasteiger partial charge in [-0.1, -0.05) is 0 Å². The summed E-state index contributed by atoms with van der Waals surface area (Å²) in [6.45, 7) is 2.81. The van der Waals surface area contributed by atoms with E-state index in [-0.39, 0.29) is 29.3 Å². The van der Waals surface area contributed by atoms with Gasteiger partial charge in [0.15, 0.2) is 0 Å². The normalized spacial score (nSPS) is 12.6. The van der Waals surface area contributed by atoms with Gasteiger partial charge in [0.05, 0.1) is 10.6 Å². The van der Waals surface area contributed by atoms with Gasteiger partial charge in [0.1, 0.15) is 5.82 Å². The highest BCUT2D eigenvalue weighted by Gasteiger charge is 2.15. The van der Waals surface area contributed by atoms with Crippen LogP contribution in [-0.4, -0.2) is 35.7 Å². The van der Waals surface area contributed by atoms with E-state index < -0.39 is 25.9 Å². The largest absolute Gasteiger partial charge is 0.240 e. The lowest BCUT2D eigenvalue weighted by molar-refractivity contribution is 0.570. The van der Waals surface area contributed by atoms with Gasteiger partial charge in [-0.25, -0.2) is 30.7 Å². The van der Waals surface area contributed by atoms with E-state index in [2.05, 4.69) is 9.44 Å². The predicted molar refractivity (Wildman–Crippen MR) is 73.8 cm³/mol. The molecule has 114 valence electrons. The van der Waals surface area contributed by atoms with Gasteiger partial charge in [-0.3, -0.25) is 0 Å². The molecule has 0 fully saturated rings. The van der Waals surface area contributed by atoms with E-state index in [0.29, 0.717) is 0 Å². The Morgan fingerprint density at radius 2 is 1.70 bits per heavy atom. The third-order valence-corrected chi connectivity index (χ3v) is 5.42. The smallest absolute Gasteiger partial charge is 0.214 e. The van der Waals surface area contributed by atoms with Gasteiger partial charge < -0.3 is 0 Å². The lowest BCUT2D eigenvalue weighted by Gasteiger charge is -2.08. The zero-order chi connectivity index (χ0) is 15.4. The van der Waals surface area contributed by atoms with Crippen molar-refractivity contribution in [3.8, 4) is 0 Å².